The summed E-state index contributed by atoms with van der Waals surface area (Å²) in [6.07, 6.45) is 17.3. The first-order chi connectivity index (χ1) is 40.5. The van der Waals surface area contributed by atoms with Gasteiger partial charge in [0.2, 0.25) is 0 Å². The van der Waals surface area contributed by atoms with E-state index in [-0.39, 0.29) is 73.2 Å². The molecule has 83 heavy (non-hydrogen) atoms. The molecule has 16 fully saturated rings. The van der Waals surface area contributed by atoms with Crippen molar-refractivity contribution in [1.82, 2.24) is 0 Å². The summed E-state index contributed by atoms with van der Waals surface area (Å²) in [5.74, 6) is 4.40. The molecular weight excluding hydrogens is 1080 g/mol. The quantitative estimate of drug-likeness (QED) is 0.161. The Balaban J connectivity index is 0.000000247. The molecule has 8 heterocycles. The van der Waals surface area contributed by atoms with E-state index in [0.29, 0.717) is 44.2 Å². The molecule has 18 unspecified atom stereocenters. The summed E-state index contributed by atoms with van der Waals surface area (Å²) in [6, 6.07) is 0. The van der Waals surface area contributed by atoms with E-state index in [1.165, 1.54) is 38.5 Å². The van der Waals surface area contributed by atoms with E-state index in [1.807, 2.05) is 96.9 Å². The summed E-state index contributed by atoms with van der Waals surface area (Å²) in [5, 5.41) is 0. The Morgan fingerprint density at radius 1 is 0.277 bits per heavy atom. The molecule has 0 spiro atoms. The van der Waals surface area contributed by atoms with Gasteiger partial charge in [0.25, 0.3) is 0 Å². The molecule has 16 rings (SSSR count). The van der Waals surface area contributed by atoms with Crippen molar-refractivity contribution in [3.8, 4) is 0 Å². The Bertz CT molecular complexity index is 1790. The first kappa shape index (κ1) is 72.1. The van der Waals surface area contributed by atoms with Gasteiger partial charge in [-0.05, 0) is 120 Å². The number of hydrogen-bond acceptors (Lipinski definition) is 22. The fraction of sp³-hybridized carbons (Fsp3) is 0.885. The monoisotopic (exact) mass is 1190 g/mol. The zero-order valence-corrected chi connectivity index (χ0v) is 52.4. The first-order valence-corrected chi connectivity index (χ1v) is 32.1. The molecule has 0 N–H and O–H groups in total. The van der Waals surface area contributed by atoms with Gasteiger partial charge in [0.05, 0.1) is 13.2 Å². The lowest BCUT2D eigenvalue weighted by atomic mass is 9.81. The predicted molar refractivity (Wildman–Crippen MR) is 302 cm³/mol. The molecule has 16 aliphatic rings. The van der Waals surface area contributed by atoms with Gasteiger partial charge in [-0.1, -0.05) is 96.9 Å². The number of carbonyl (C=O) groups is 7. The second-order valence-corrected chi connectivity index (χ2v) is 20.3. The molecule has 18 atom stereocenters. The molecule has 0 amide bonds. The van der Waals surface area contributed by atoms with Crippen molar-refractivity contribution >= 4 is 43.1 Å². The molecule has 0 aromatic carbocycles. The van der Waals surface area contributed by atoms with Crippen LogP contribution in [-0.4, -0.2) is 143 Å². The zero-order valence-electron chi connectivity index (χ0n) is 52.4. The predicted octanol–water partition coefficient (Wildman–Crippen LogP) is 14.5. The summed E-state index contributed by atoms with van der Waals surface area (Å²) in [5.41, 5.74) is 0. The zero-order chi connectivity index (χ0) is 61.6. The number of cyclic esters (lactones) is 2. The largest absolute Gasteiger partial charge is 0.509 e. The second kappa shape index (κ2) is 38.7. The minimum atomic E-state index is -0.555. The Morgan fingerprint density at radius 3 is 1.10 bits per heavy atom. The highest BCUT2D eigenvalue weighted by atomic mass is 16.8. The molecule has 8 saturated carbocycles. The average Bonchev–Trinajstić information content (AvgIpc) is 2.18. The van der Waals surface area contributed by atoms with Gasteiger partial charge in [0.15, 0.2) is 6.10 Å². The van der Waals surface area contributed by atoms with Gasteiger partial charge in [0.1, 0.15) is 80.4 Å². The molecule has 8 saturated heterocycles. The molecule has 8 aliphatic heterocycles. The number of rotatable bonds is 0. The van der Waals surface area contributed by atoms with Crippen LogP contribution < -0.4 is 0 Å². The van der Waals surface area contributed by atoms with Crippen molar-refractivity contribution in [3.63, 3.8) is 0 Å². The van der Waals surface area contributed by atoms with Gasteiger partial charge in [-0.25, -0.2) is 33.6 Å². The topological polar surface area (TPSA) is 258 Å². The van der Waals surface area contributed by atoms with E-state index in [9.17, 15) is 33.6 Å². The minimum Gasteiger partial charge on any atom is -0.431 e. The van der Waals surface area contributed by atoms with Gasteiger partial charge < -0.3 is 71.1 Å². The molecular formula is C61H104O22. The third-order valence-corrected chi connectivity index (χ3v) is 16.3. The highest BCUT2D eigenvalue weighted by Gasteiger charge is 2.62. The summed E-state index contributed by atoms with van der Waals surface area (Å²) in [7, 11) is 0. The van der Waals surface area contributed by atoms with Gasteiger partial charge >= 0.3 is 43.1 Å². The molecule has 22 heteroatoms. The number of hydrogen-bond donors (Lipinski definition) is 0. The van der Waals surface area contributed by atoms with E-state index in [1.54, 1.807) is 0 Å². The summed E-state index contributed by atoms with van der Waals surface area (Å²) >= 11 is 0. The van der Waals surface area contributed by atoms with Crippen molar-refractivity contribution in [2.75, 3.05) is 26.4 Å². The average molecular weight is 1190 g/mol. The third-order valence-electron chi connectivity index (χ3n) is 16.3. The van der Waals surface area contributed by atoms with Gasteiger partial charge in [-0.3, -0.25) is 0 Å². The van der Waals surface area contributed by atoms with Crippen LogP contribution in [0.15, 0.2) is 0 Å². The molecule has 22 nitrogen and oxygen atoms in total. The van der Waals surface area contributed by atoms with E-state index < -0.39 is 43.1 Å². The lowest BCUT2D eigenvalue weighted by Gasteiger charge is -2.26. The second-order valence-electron chi connectivity index (χ2n) is 20.3. The smallest absolute Gasteiger partial charge is 0.431 e. The van der Waals surface area contributed by atoms with Crippen LogP contribution in [0.5, 0.6) is 0 Å². The Morgan fingerprint density at radius 2 is 0.639 bits per heavy atom. The van der Waals surface area contributed by atoms with Crippen LogP contribution in [0.25, 0.3) is 0 Å². The van der Waals surface area contributed by atoms with Crippen molar-refractivity contribution in [3.05, 3.63) is 0 Å². The lowest BCUT2D eigenvalue weighted by molar-refractivity contribution is -0.0272. The Hall–Kier alpha value is -5.15. The standard InChI is InChI=1S/C11H14O3.C8H10O3.C7H10O3.C6H8O4.2C6H8O3.C3H4O3.7C2H6/c12-11-13-8-4-7-5-1-2-6(3-5)9(7)10(8)14-11;9-8-10-6-4-1-2-5(3-4)7(6)11-8;8-7-9-5-3-1-2-4-6(5)10-7;7-6-9-4-1-2-8-3-5(4)10-6;7-6-8-4-1-2-5(3-4)9-6;7-6-8-4-2-1-3-5(4)9-6;4-3-5-1-2-6-3;7*1-2/h5-10H,1-4H2;4-7H,1-3H2;5-6H,1-4H2;4-5H,1-3H2;2*4-5H,1-3H2;1-2H2;7*1-2H3. The molecule has 0 radical (unpaired) electrons. The number of carbonyl (C=O) groups excluding carboxylic acids is 7. The molecule has 6 bridgehead atoms. The summed E-state index contributed by atoms with van der Waals surface area (Å²) in [6.45, 7) is 30.0. The van der Waals surface area contributed by atoms with Crippen molar-refractivity contribution < 1.29 is 105 Å². The molecule has 480 valence electrons. The normalized spacial score (nSPS) is 36.5. The van der Waals surface area contributed by atoms with E-state index in [2.05, 4.69) is 9.47 Å². The van der Waals surface area contributed by atoms with E-state index in [0.717, 1.165) is 94.8 Å². The van der Waals surface area contributed by atoms with Crippen LogP contribution in [0.3, 0.4) is 0 Å². The third kappa shape index (κ3) is 20.5. The fourth-order valence-electron chi connectivity index (χ4n) is 13.2. The van der Waals surface area contributed by atoms with Crippen LogP contribution in [0.1, 0.15) is 213 Å². The highest BCUT2D eigenvalue weighted by Crippen LogP contribution is 2.61. The van der Waals surface area contributed by atoms with E-state index in [4.69, 9.17) is 61.6 Å². The Kier molecular flexibility index (Phi) is 33.6. The van der Waals surface area contributed by atoms with Crippen molar-refractivity contribution in [2.24, 2.45) is 35.5 Å². The molecule has 8 aliphatic carbocycles. The van der Waals surface area contributed by atoms with Crippen molar-refractivity contribution in [1.29, 1.82) is 0 Å². The SMILES string of the molecule is CC.CC.CC.CC.CC.CC.CC.O=C1OC2C3CCC(C3)C2O1.O=C1OC2CC3C4CCC(C4)C3C2O1.O=C1OC2CCC(C2)O1.O=C1OC2CCCC2O1.O=C1OC2CCCCC2O1.O=C1OC2CCOCC2O1.O=C1OCCO1. The summed E-state index contributed by atoms with van der Waals surface area (Å²) < 4.78 is 72.9. The van der Waals surface area contributed by atoms with Crippen molar-refractivity contribution in [2.45, 2.75) is 286 Å². The molecule has 0 aromatic rings. The van der Waals surface area contributed by atoms with Crippen LogP contribution >= 0.6 is 0 Å². The Labute approximate surface area is 493 Å². The number of fused-ring (bicyclic) bond motifs is 17. The highest BCUT2D eigenvalue weighted by molar-refractivity contribution is 5.65. The number of ether oxygens (including phenoxy) is 15. The van der Waals surface area contributed by atoms with Gasteiger partial charge in [0, 0.05) is 30.6 Å². The van der Waals surface area contributed by atoms with Crippen LogP contribution in [0.4, 0.5) is 33.6 Å². The summed E-state index contributed by atoms with van der Waals surface area (Å²) in [4.78, 5) is 73.5. The van der Waals surface area contributed by atoms with E-state index >= 15 is 0 Å². The van der Waals surface area contributed by atoms with Crippen LogP contribution in [-0.2, 0) is 71.1 Å². The first-order valence-electron chi connectivity index (χ1n) is 32.1. The maximum Gasteiger partial charge on any atom is 0.509 e. The minimum absolute atomic E-state index is 0.0544. The lowest BCUT2D eigenvalue weighted by Crippen LogP contribution is -2.33. The van der Waals surface area contributed by atoms with Crippen LogP contribution in [0.2, 0.25) is 0 Å². The van der Waals surface area contributed by atoms with Crippen LogP contribution in [0, 0.1) is 35.5 Å². The van der Waals surface area contributed by atoms with Gasteiger partial charge in [-0.15, -0.1) is 0 Å². The maximum absolute atomic E-state index is 11.0. The fourth-order valence-corrected chi connectivity index (χ4v) is 13.2. The van der Waals surface area contributed by atoms with Gasteiger partial charge in [-0.2, -0.15) is 0 Å². The maximum atomic E-state index is 11.0. The molecule has 0 aromatic heterocycles.